The fourth-order valence-electron chi connectivity index (χ4n) is 3.56. The number of halogens is 1. The highest BCUT2D eigenvalue weighted by atomic mass is 35.5. The fourth-order valence-corrected chi connectivity index (χ4v) is 3.95. The van der Waals surface area contributed by atoms with E-state index in [9.17, 15) is 9.00 Å². The second-order valence-corrected chi connectivity index (χ2v) is 7.78. The molecule has 1 aromatic heterocycles. The number of benzene rings is 2. The van der Waals surface area contributed by atoms with Crippen molar-refractivity contribution in [2.45, 2.75) is 25.8 Å². The van der Waals surface area contributed by atoms with Crippen LogP contribution < -0.4 is 5.06 Å². The summed E-state index contributed by atoms with van der Waals surface area (Å²) in [5.74, 6) is -0.288. The van der Waals surface area contributed by atoms with Crippen molar-refractivity contribution < 1.29 is 22.6 Å². The van der Waals surface area contributed by atoms with Gasteiger partial charge in [0.05, 0.1) is 24.7 Å². The number of hydrogen-bond acceptors (Lipinski definition) is 5. The lowest BCUT2D eigenvalue weighted by molar-refractivity contribution is -0.141. The topological polar surface area (TPSA) is 81.0 Å². The van der Waals surface area contributed by atoms with Gasteiger partial charge in [-0.25, -0.2) is 5.06 Å². The van der Waals surface area contributed by atoms with Crippen molar-refractivity contribution in [2.75, 3.05) is 19.2 Å². The average Bonchev–Trinajstić information content (AvgIpc) is 3.11. The number of anilines is 1. The molecule has 1 N–H and O–H groups in total. The Balaban J connectivity index is 2.25. The third kappa shape index (κ3) is 4.67. The van der Waals surface area contributed by atoms with Gasteiger partial charge in [0.2, 0.25) is 0 Å². The molecular weight excluding hydrogens is 428 g/mol. The second kappa shape index (κ2) is 9.61. The summed E-state index contributed by atoms with van der Waals surface area (Å²) < 4.78 is 32.3. The number of aromatic nitrogens is 1. The molecule has 3 rings (SSSR count). The van der Waals surface area contributed by atoms with Crippen LogP contribution >= 0.6 is 11.6 Å². The molecule has 0 aliphatic rings. The molecule has 0 saturated heterocycles. The highest BCUT2D eigenvalue weighted by Gasteiger charge is 2.22. The molecule has 2 aromatic carbocycles. The first-order chi connectivity index (χ1) is 14.3. The van der Waals surface area contributed by atoms with Gasteiger partial charge in [-0.05, 0) is 36.2 Å². The van der Waals surface area contributed by atoms with Crippen LogP contribution in [-0.4, -0.2) is 33.5 Å². The van der Waals surface area contributed by atoms with Gasteiger partial charge in [-0.3, -0.25) is 9.35 Å². The van der Waals surface area contributed by atoms with Crippen molar-refractivity contribution in [2.24, 2.45) is 0 Å². The number of hydroxylamine groups is 1. The molecule has 9 heteroatoms. The number of rotatable bonds is 8. The highest BCUT2D eigenvalue weighted by Crippen LogP contribution is 2.40. The van der Waals surface area contributed by atoms with Crippen LogP contribution in [0.5, 0.6) is 0 Å². The smallest absolute Gasteiger partial charge is 0.325 e. The van der Waals surface area contributed by atoms with Crippen molar-refractivity contribution in [1.29, 1.82) is 0 Å². The quantitative estimate of drug-likeness (QED) is 0.296. The summed E-state index contributed by atoms with van der Waals surface area (Å²) in [6.45, 7) is 2.01. The van der Waals surface area contributed by atoms with Crippen molar-refractivity contribution in [3.63, 3.8) is 0 Å². The molecule has 0 fully saturated rings. The second-order valence-electron chi connectivity index (χ2n) is 6.76. The Labute approximate surface area is 182 Å². The Morgan fingerprint density at radius 3 is 2.57 bits per heavy atom. The molecule has 30 heavy (non-hydrogen) atoms. The van der Waals surface area contributed by atoms with E-state index in [0.717, 1.165) is 28.5 Å². The van der Waals surface area contributed by atoms with Crippen molar-refractivity contribution >= 4 is 45.5 Å². The number of hydrogen-bond donors (Lipinski definition) is 1. The highest BCUT2D eigenvalue weighted by molar-refractivity contribution is 7.74. The summed E-state index contributed by atoms with van der Waals surface area (Å²) in [5.41, 5.74) is 3.29. The van der Waals surface area contributed by atoms with Gasteiger partial charge in [0.1, 0.15) is 0 Å². The van der Waals surface area contributed by atoms with Gasteiger partial charge in [-0.1, -0.05) is 36.7 Å². The summed E-state index contributed by atoms with van der Waals surface area (Å²) in [6.07, 6.45) is 2.93. The maximum Gasteiger partial charge on any atom is 0.325 e. The minimum atomic E-state index is -2.47. The third-order valence-electron chi connectivity index (χ3n) is 5.00. The zero-order valence-electron chi connectivity index (χ0n) is 16.9. The first-order valence-electron chi connectivity index (χ1n) is 9.35. The van der Waals surface area contributed by atoms with E-state index in [-0.39, 0.29) is 18.4 Å². The zero-order chi connectivity index (χ0) is 21.8. The number of ether oxygens (including phenoxy) is 1. The lowest BCUT2D eigenvalue weighted by Gasteiger charge is -2.19. The molecular formula is C21H23ClN2O5S. The molecule has 7 nitrogen and oxygen atoms in total. The number of nitrogens with zero attached hydrogens (tertiary/aromatic N) is 2. The monoisotopic (exact) mass is 450 g/mol. The average molecular weight is 451 g/mol. The summed E-state index contributed by atoms with van der Waals surface area (Å²) in [5, 5.41) is 2.72. The maximum absolute atomic E-state index is 12.0. The Kier molecular flexibility index (Phi) is 7.14. The van der Waals surface area contributed by atoms with Crippen LogP contribution in [0.4, 0.5) is 5.69 Å². The molecule has 0 saturated carbocycles. The molecule has 0 aliphatic heterocycles. The van der Waals surface area contributed by atoms with Gasteiger partial charge >= 0.3 is 17.3 Å². The number of carbonyl (C=O) groups is 1. The first-order valence-corrected chi connectivity index (χ1v) is 10.8. The largest absolute Gasteiger partial charge is 0.469 e. The van der Waals surface area contributed by atoms with Crippen LogP contribution in [0.2, 0.25) is 5.02 Å². The van der Waals surface area contributed by atoms with E-state index in [1.54, 1.807) is 25.2 Å². The molecule has 160 valence electrons. The van der Waals surface area contributed by atoms with Crippen molar-refractivity contribution in [1.82, 2.24) is 4.57 Å². The summed E-state index contributed by atoms with van der Waals surface area (Å²) in [4.78, 5) is 12.0. The summed E-state index contributed by atoms with van der Waals surface area (Å²) in [6, 6.07) is 12.9. The van der Waals surface area contributed by atoms with Gasteiger partial charge in [0, 0.05) is 35.3 Å². The SMILES string of the molecule is CCC(CC(=O)OC)n1cc(-c2ccc(Cl)cc2)c2c(N(C)OS(=O)O)cccc21. The van der Waals surface area contributed by atoms with Crippen LogP contribution in [0.15, 0.2) is 48.7 Å². The molecule has 1 heterocycles. The molecule has 2 atom stereocenters. The van der Waals surface area contributed by atoms with E-state index in [4.69, 9.17) is 25.2 Å². The number of esters is 1. The Bertz CT molecular complexity index is 1070. The first kappa shape index (κ1) is 22.3. The van der Waals surface area contributed by atoms with Crippen LogP contribution in [0.25, 0.3) is 22.0 Å². The number of fused-ring (bicyclic) bond motifs is 1. The van der Waals surface area contributed by atoms with Crippen LogP contribution in [-0.2, 0) is 25.2 Å². The predicted molar refractivity (Wildman–Crippen MR) is 119 cm³/mol. The van der Waals surface area contributed by atoms with Crippen LogP contribution in [0, 0.1) is 0 Å². The predicted octanol–water partition coefficient (Wildman–Crippen LogP) is 4.98. The molecule has 0 amide bonds. The minimum absolute atomic E-state index is 0.116. The van der Waals surface area contributed by atoms with E-state index in [2.05, 4.69) is 0 Å². The summed E-state index contributed by atoms with van der Waals surface area (Å²) >= 11 is 3.60. The molecule has 0 spiro atoms. The Morgan fingerprint density at radius 2 is 1.97 bits per heavy atom. The van der Waals surface area contributed by atoms with E-state index in [1.165, 1.54) is 12.2 Å². The minimum Gasteiger partial charge on any atom is -0.469 e. The molecule has 2 unspecified atom stereocenters. The lowest BCUT2D eigenvalue weighted by atomic mass is 10.0. The van der Waals surface area contributed by atoms with E-state index >= 15 is 0 Å². The molecule has 0 radical (unpaired) electrons. The normalized spacial score (nSPS) is 13.2. The van der Waals surface area contributed by atoms with Crippen LogP contribution in [0.3, 0.4) is 0 Å². The van der Waals surface area contributed by atoms with Crippen molar-refractivity contribution in [3.05, 3.63) is 53.7 Å². The van der Waals surface area contributed by atoms with Gasteiger partial charge in [-0.15, -0.1) is 4.28 Å². The standard InChI is InChI=1S/C21H23ClN2O5S/c1-4-16(12-20(25)28-3)24-13-17(14-8-10-15(22)11-9-14)21-18(6-5-7-19(21)24)23(2)29-30(26)27/h5-11,13,16H,4,12H2,1-3H3,(H,26,27). The summed E-state index contributed by atoms with van der Waals surface area (Å²) in [7, 11) is 2.94. The van der Waals surface area contributed by atoms with E-state index in [1.807, 2.05) is 42.0 Å². The zero-order valence-corrected chi connectivity index (χ0v) is 18.4. The lowest BCUT2D eigenvalue weighted by Crippen LogP contribution is -2.19. The van der Waals surface area contributed by atoms with Gasteiger partial charge in [0.15, 0.2) is 0 Å². The number of carbonyl (C=O) groups excluding carboxylic acids is 1. The van der Waals surface area contributed by atoms with Crippen molar-refractivity contribution in [3.8, 4) is 11.1 Å². The van der Waals surface area contributed by atoms with Gasteiger partial charge in [-0.2, -0.15) is 4.21 Å². The third-order valence-corrected chi connectivity index (χ3v) is 5.60. The van der Waals surface area contributed by atoms with Gasteiger partial charge < -0.3 is 9.30 Å². The molecule has 0 aliphatic carbocycles. The molecule has 3 aromatic rings. The number of methoxy groups -OCH3 is 1. The maximum atomic E-state index is 12.0. The molecule has 0 bridgehead atoms. The van der Waals surface area contributed by atoms with Gasteiger partial charge in [0.25, 0.3) is 0 Å². The van der Waals surface area contributed by atoms with E-state index in [0.29, 0.717) is 10.7 Å². The van der Waals surface area contributed by atoms with Crippen LogP contribution in [0.1, 0.15) is 25.8 Å². The Hall–Kier alpha value is -2.39. The Morgan fingerprint density at radius 1 is 1.27 bits per heavy atom. The fraction of sp³-hybridized carbons (Fsp3) is 0.286. The van der Waals surface area contributed by atoms with E-state index < -0.39 is 11.4 Å².